The molecule has 5 heteroatoms. The van der Waals surface area contributed by atoms with Crippen LogP contribution in [0, 0.1) is 11.8 Å². The highest BCUT2D eigenvalue weighted by molar-refractivity contribution is 5.79. The topological polar surface area (TPSA) is 64.2 Å². The summed E-state index contributed by atoms with van der Waals surface area (Å²) in [5, 5.41) is 0. The van der Waals surface area contributed by atoms with Gasteiger partial charge in [-0.2, -0.15) is 0 Å². The number of imidazole rings is 1. The Kier molecular flexibility index (Phi) is 4.24. The maximum atomic E-state index is 12.5. The third-order valence-electron chi connectivity index (χ3n) is 4.29. The molecule has 1 aliphatic carbocycles. The Bertz CT molecular complexity index is 442. The van der Waals surface area contributed by atoms with Crippen LogP contribution < -0.4 is 5.73 Å². The summed E-state index contributed by atoms with van der Waals surface area (Å²) in [5.74, 6) is 1.45. The Labute approximate surface area is 114 Å². The predicted octanol–water partition coefficient (Wildman–Crippen LogP) is 1.14. The zero-order chi connectivity index (χ0) is 14.0. The zero-order valence-electron chi connectivity index (χ0n) is 12.0. The Morgan fingerprint density at radius 3 is 2.95 bits per heavy atom. The van der Waals surface area contributed by atoms with E-state index in [0.717, 1.165) is 25.1 Å². The van der Waals surface area contributed by atoms with Crippen molar-refractivity contribution in [3.8, 4) is 0 Å². The van der Waals surface area contributed by atoms with Crippen LogP contribution in [-0.4, -0.2) is 33.4 Å². The smallest absolute Gasteiger partial charge is 0.227 e. The maximum Gasteiger partial charge on any atom is 0.227 e. The molecule has 2 N–H and O–H groups in total. The highest BCUT2D eigenvalue weighted by atomic mass is 16.2. The number of carbonyl (C=O) groups is 1. The van der Waals surface area contributed by atoms with Crippen LogP contribution in [0.2, 0.25) is 0 Å². The second-order valence-electron chi connectivity index (χ2n) is 5.74. The average Bonchev–Trinajstić information content (AvgIpc) is 2.77. The largest absolute Gasteiger partial charge is 0.338 e. The van der Waals surface area contributed by atoms with Gasteiger partial charge >= 0.3 is 0 Å². The lowest BCUT2D eigenvalue weighted by molar-refractivity contribution is -0.137. The van der Waals surface area contributed by atoms with Gasteiger partial charge in [-0.15, -0.1) is 0 Å². The van der Waals surface area contributed by atoms with E-state index in [0.29, 0.717) is 12.5 Å². The fourth-order valence-corrected chi connectivity index (χ4v) is 2.85. The van der Waals surface area contributed by atoms with Crippen LogP contribution >= 0.6 is 0 Å². The third-order valence-corrected chi connectivity index (χ3v) is 4.29. The molecular formula is C14H24N4O. The molecule has 19 heavy (non-hydrogen) atoms. The molecule has 1 aromatic heterocycles. The van der Waals surface area contributed by atoms with Crippen LogP contribution in [0.15, 0.2) is 12.4 Å². The van der Waals surface area contributed by atoms with Crippen LogP contribution in [0.25, 0.3) is 0 Å². The van der Waals surface area contributed by atoms with Gasteiger partial charge in [0, 0.05) is 32.5 Å². The number of nitrogens with zero attached hydrogens (tertiary/aromatic N) is 3. The first-order valence-electron chi connectivity index (χ1n) is 6.97. The van der Waals surface area contributed by atoms with Crippen molar-refractivity contribution >= 4 is 5.91 Å². The summed E-state index contributed by atoms with van der Waals surface area (Å²) in [6.07, 6.45) is 6.79. The molecule has 3 atom stereocenters. The lowest BCUT2D eigenvalue weighted by Gasteiger charge is -2.35. The second-order valence-corrected chi connectivity index (χ2v) is 5.74. The number of hydrogen-bond acceptors (Lipinski definition) is 3. The van der Waals surface area contributed by atoms with E-state index >= 15 is 0 Å². The minimum Gasteiger partial charge on any atom is -0.338 e. The van der Waals surface area contributed by atoms with Crippen molar-refractivity contribution in [3.63, 3.8) is 0 Å². The van der Waals surface area contributed by atoms with Gasteiger partial charge in [0.15, 0.2) is 0 Å². The molecule has 2 rings (SSSR count). The van der Waals surface area contributed by atoms with Crippen LogP contribution in [0.4, 0.5) is 0 Å². The highest BCUT2D eigenvalue weighted by Gasteiger charge is 2.34. The van der Waals surface area contributed by atoms with E-state index in [1.807, 2.05) is 24.9 Å². The molecule has 1 saturated carbocycles. The predicted molar refractivity (Wildman–Crippen MR) is 74.2 cm³/mol. The van der Waals surface area contributed by atoms with Gasteiger partial charge in [0.2, 0.25) is 5.91 Å². The number of carbonyl (C=O) groups excluding carboxylic acids is 1. The third kappa shape index (κ3) is 2.97. The zero-order valence-corrected chi connectivity index (χ0v) is 12.0. The molecule has 3 unspecified atom stereocenters. The van der Waals surface area contributed by atoms with Gasteiger partial charge in [0.05, 0.1) is 12.5 Å². The number of amides is 1. The summed E-state index contributed by atoms with van der Waals surface area (Å²) in [6.45, 7) is 2.68. The Morgan fingerprint density at radius 2 is 2.32 bits per heavy atom. The van der Waals surface area contributed by atoms with Crippen molar-refractivity contribution in [1.82, 2.24) is 14.5 Å². The van der Waals surface area contributed by atoms with Crippen LogP contribution in [0.5, 0.6) is 0 Å². The molecule has 0 radical (unpaired) electrons. The molecule has 106 valence electrons. The number of rotatable bonds is 3. The van der Waals surface area contributed by atoms with Crippen molar-refractivity contribution in [1.29, 1.82) is 0 Å². The molecule has 0 saturated heterocycles. The lowest BCUT2D eigenvalue weighted by atomic mass is 9.77. The van der Waals surface area contributed by atoms with Crippen LogP contribution in [0.1, 0.15) is 32.0 Å². The minimum atomic E-state index is -0.0333. The molecule has 1 aliphatic rings. The summed E-state index contributed by atoms with van der Waals surface area (Å²) in [4.78, 5) is 18.5. The quantitative estimate of drug-likeness (QED) is 0.890. The second kappa shape index (κ2) is 5.74. The van der Waals surface area contributed by atoms with Crippen molar-refractivity contribution in [2.45, 2.75) is 38.8 Å². The van der Waals surface area contributed by atoms with Crippen molar-refractivity contribution in [2.75, 3.05) is 7.05 Å². The average molecular weight is 264 g/mol. The van der Waals surface area contributed by atoms with Crippen molar-refractivity contribution < 1.29 is 4.79 Å². The number of nitrogens with two attached hydrogens (primary N) is 1. The molecule has 0 aliphatic heterocycles. The van der Waals surface area contributed by atoms with E-state index in [1.165, 1.54) is 0 Å². The Morgan fingerprint density at radius 1 is 1.58 bits per heavy atom. The van der Waals surface area contributed by atoms with Gasteiger partial charge in [-0.05, 0) is 18.8 Å². The summed E-state index contributed by atoms with van der Waals surface area (Å²) in [7, 11) is 3.78. The van der Waals surface area contributed by atoms with E-state index in [4.69, 9.17) is 5.73 Å². The molecule has 5 nitrogen and oxygen atoms in total. The SMILES string of the molecule is CC1CCCC(C(=O)N(C)Cc2nccn2C)C1N. The van der Waals surface area contributed by atoms with E-state index in [9.17, 15) is 4.79 Å². The normalized spacial score (nSPS) is 27.3. The van der Waals surface area contributed by atoms with Gasteiger partial charge in [0.1, 0.15) is 5.82 Å². The van der Waals surface area contributed by atoms with Crippen LogP contribution in [0.3, 0.4) is 0 Å². The lowest BCUT2D eigenvalue weighted by Crippen LogP contribution is -2.47. The number of hydrogen-bond donors (Lipinski definition) is 1. The number of aromatic nitrogens is 2. The molecule has 0 spiro atoms. The Balaban J connectivity index is 2.00. The molecule has 1 amide bonds. The van der Waals surface area contributed by atoms with Gasteiger partial charge in [0.25, 0.3) is 0 Å². The summed E-state index contributed by atoms with van der Waals surface area (Å²) in [6, 6.07) is -0.00919. The molecule has 0 aromatic carbocycles. The van der Waals surface area contributed by atoms with Crippen LogP contribution in [-0.2, 0) is 18.4 Å². The summed E-state index contributed by atoms with van der Waals surface area (Å²) in [5.41, 5.74) is 6.20. The van der Waals surface area contributed by atoms with E-state index in [-0.39, 0.29) is 17.9 Å². The summed E-state index contributed by atoms with van der Waals surface area (Å²) >= 11 is 0. The molecule has 0 bridgehead atoms. The molecule has 1 fully saturated rings. The van der Waals surface area contributed by atoms with Crippen molar-refractivity contribution in [3.05, 3.63) is 18.2 Å². The fourth-order valence-electron chi connectivity index (χ4n) is 2.85. The molecule has 1 heterocycles. The van der Waals surface area contributed by atoms with Crippen molar-refractivity contribution in [2.24, 2.45) is 24.6 Å². The molecule has 1 aromatic rings. The number of aryl methyl sites for hydroxylation is 1. The van der Waals surface area contributed by atoms with E-state index in [1.54, 1.807) is 11.1 Å². The van der Waals surface area contributed by atoms with E-state index < -0.39 is 0 Å². The summed E-state index contributed by atoms with van der Waals surface area (Å²) < 4.78 is 1.94. The van der Waals surface area contributed by atoms with Gasteiger partial charge < -0.3 is 15.2 Å². The first kappa shape index (κ1) is 14.1. The van der Waals surface area contributed by atoms with Gasteiger partial charge in [-0.1, -0.05) is 13.3 Å². The van der Waals surface area contributed by atoms with E-state index in [2.05, 4.69) is 11.9 Å². The minimum absolute atomic E-state index is 0.00919. The maximum absolute atomic E-state index is 12.5. The van der Waals surface area contributed by atoms with Gasteiger partial charge in [-0.3, -0.25) is 4.79 Å². The monoisotopic (exact) mass is 264 g/mol. The fraction of sp³-hybridized carbons (Fsp3) is 0.714. The Hall–Kier alpha value is -1.36. The first-order chi connectivity index (χ1) is 9.00. The molecular weight excluding hydrogens is 240 g/mol. The standard InChI is InChI=1S/C14H24N4O/c1-10-5-4-6-11(13(10)15)14(19)18(3)9-12-16-7-8-17(12)2/h7-8,10-11,13H,4-6,9,15H2,1-3H3. The van der Waals surface area contributed by atoms with Gasteiger partial charge in [-0.25, -0.2) is 4.98 Å². The first-order valence-corrected chi connectivity index (χ1v) is 6.97. The highest BCUT2D eigenvalue weighted by Crippen LogP contribution is 2.29.